The lowest BCUT2D eigenvalue weighted by Gasteiger charge is -2.37. The van der Waals surface area contributed by atoms with Crippen molar-refractivity contribution in [2.45, 2.75) is 58.8 Å². The van der Waals surface area contributed by atoms with Crippen molar-refractivity contribution in [2.24, 2.45) is 0 Å². The van der Waals surface area contributed by atoms with Gasteiger partial charge in [0.25, 0.3) is 0 Å². The minimum atomic E-state index is -0.908. The van der Waals surface area contributed by atoms with E-state index in [-0.39, 0.29) is 13.6 Å². The Bertz CT molecular complexity index is 1680. The average molecular weight is 631 g/mol. The van der Waals surface area contributed by atoms with E-state index in [1.807, 2.05) is 0 Å². The van der Waals surface area contributed by atoms with Gasteiger partial charge < -0.3 is 18.9 Å². The Labute approximate surface area is 277 Å². The van der Waals surface area contributed by atoms with Gasteiger partial charge in [-0.05, 0) is 71.2 Å². The van der Waals surface area contributed by atoms with Gasteiger partial charge in [0.05, 0.1) is 5.41 Å². The normalized spacial score (nSPS) is 12.4. The highest BCUT2D eigenvalue weighted by molar-refractivity contribution is 5.88. The van der Waals surface area contributed by atoms with E-state index in [2.05, 4.69) is 114 Å². The number of esters is 2. The number of fused-ring (bicyclic) bond motifs is 3. The van der Waals surface area contributed by atoms with Crippen molar-refractivity contribution in [1.82, 2.24) is 0 Å². The lowest BCUT2D eigenvalue weighted by molar-refractivity contribution is -0.145. The van der Waals surface area contributed by atoms with Crippen molar-refractivity contribution < 1.29 is 28.5 Å². The Kier molecular flexibility index (Phi) is 10.3. The fraction of sp³-hybridized carbons (Fsp3) is 0.268. The zero-order valence-corrected chi connectivity index (χ0v) is 27.7. The number of hydrogen-bond donors (Lipinski definition) is 0. The minimum Gasteiger partial charge on any atom is -0.457 e. The average Bonchev–Trinajstić information content (AvgIpc) is 3.38. The highest BCUT2D eigenvalue weighted by atomic mass is 16.7. The first-order valence-corrected chi connectivity index (χ1v) is 16.1. The van der Waals surface area contributed by atoms with Gasteiger partial charge in [0.15, 0.2) is 0 Å². The van der Waals surface area contributed by atoms with Gasteiger partial charge in [-0.15, -0.1) is 0 Å². The number of ether oxygens (including phenoxy) is 4. The Morgan fingerprint density at radius 2 is 1.02 bits per heavy atom. The summed E-state index contributed by atoms with van der Waals surface area (Å²) in [5, 5.41) is 0. The Morgan fingerprint density at radius 1 is 0.617 bits per heavy atom. The number of carbonyl (C=O) groups excluding carboxylic acids is 2. The van der Waals surface area contributed by atoms with E-state index in [9.17, 15) is 9.59 Å². The van der Waals surface area contributed by atoms with Crippen LogP contribution in [0.5, 0.6) is 11.5 Å². The maximum Gasteiger partial charge on any atom is 0.333 e. The minimum absolute atomic E-state index is 0.271. The van der Waals surface area contributed by atoms with E-state index < -0.39 is 17.4 Å². The molecule has 47 heavy (non-hydrogen) atoms. The van der Waals surface area contributed by atoms with Crippen LogP contribution in [-0.4, -0.2) is 25.5 Å². The highest BCUT2D eigenvalue weighted by Gasteiger charge is 2.50. The SMILES string of the molecule is C=CC(=O)OCOc1c(C2(c3ccc(C)c(CCC)c3OCOC(=O)C=C)c3ccccc3-c3ccccc32)ccc(C)c1CCC. The molecule has 1 aliphatic rings. The predicted molar refractivity (Wildman–Crippen MR) is 185 cm³/mol. The summed E-state index contributed by atoms with van der Waals surface area (Å²) in [7, 11) is 0. The second-order valence-electron chi connectivity index (χ2n) is 11.7. The smallest absolute Gasteiger partial charge is 0.333 e. The third-order valence-electron chi connectivity index (χ3n) is 8.89. The quantitative estimate of drug-likeness (QED) is 0.0695. The fourth-order valence-corrected chi connectivity index (χ4v) is 6.87. The van der Waals surface area contributed by atoms with Gasteiger partial charge >= 0.3 is 11.9 Å². The second-order valence-corrected chi connectivity index (χ2v) is 11.7. The molecule has 5 rings (SSSR count). The molecule has 0 heterocycles. The molecule has 6 heteroatoms. The Hall–Kier alpha value is -5.10. The van der Waals surface area contributed by atoms with Crippen LogP contribution in [0.1, 0.15) is 71.2 Å². The number of hydrogen-bond acceptors (Lipinski definition) is 6. The summed E-state index contributed by atoms with van der Waals surface area (Å²) in [6, 6.07) is 25.4. The summed E-state index contributed by atoms with van der Waals surface area (Å²) in [5.41, 5.74) is 9.49. The van der Waals surface area contributed by atoms with Gasteiger partial charge in [0.2, 0.25) is 13.6 Å². The van der Waals surface area contributed by atoms with Gasteiger partial charge in [-0.1, -0.05) is 113 Å². The van der Waals surface area contributed by atoms with Gasteiger partial charge in [-0.3, -0.25) is 0 Å². The molecule has 0 atom stereocenters. The van der Waals surface area contributed by atoms with E-state index >= 15 is 0 Å². The van der Waals surface area contributed by atoms with Gasteiger partial charge in [0, 0.05) is 23.3 Å². The van der Waals surface area contributed by atoms with Crippen molar-refractivity contribution in [3.63, 3.8) is 0 Å². The standard InChI is InChI=1S/C41H42O6/c1-7-15-29-27(5)21-23-35(39(29)46-25-44-37(42)9-3)41(33-19-13-11-17-31(33)32-18-12-14-20-34(32)41)36-24-22-28(6)30(16-8-2)40(36)47-26-45-38(43)10-4/h9-14,17-24H,3-4,7-8,15-16,25-26H2,1-2,5-6H3. The van der Waals surface area contributed by atoms with Crippen molar-refractivity contribution in [1.29, 1.82) is 0 Å². The zero-order valence-electron chi connectivity index (χ0n) is 27.7. The van der Waals surface area contributed by atoms with Crippen LogP contribution in [0.25, 0.3) is 11.1 Å². The molecule has 0 aromatic heterocycles. The van der Waals surface area contributed by atoms with E-state index in [0.29, 0.717) is 11.5 Å². The molecule has 0 saturated carbocycles. The molecule has 4 aromatic rings. The topological polar surface area (TPSA) is 71.1 Å². The molecule has 0 radical (unpaired) electrons. The lowest BCUT2D eigenvalue weighted by Crippen LogP contribution is -2.31. The molecule has 242 valence electrons. The van der Waals surface area contributed by atoms with Crippen LogP contribution in [0.4, 0.5) is 0 Å². The number of rotatable bonds is 14. The molecular weight excluding hydrogens is 588 g/mol. The molecule has 6 nitrogen and oxygen atoms in total. The van der Waals surface area contributed by atoms with Crippen LogP contribution in [0.15, 0.2) is 98.1 Å². The first-order valence-electron chi connectivity index (χ1n) is 16.1. The van der Waals surface area contributed by atoms with Gasteiger partial charge in [-0.25, -0.2) is 9.59 Å². The second kappa shape index (κ2) is 14.5. The van der Waals surface area contributed by atoms with E-state index in [4.69, 9.17) is 18.9 Å². The van der Waals surface area contributed by atoms with Crippen LogP contribution in [0.3, 0.4) is 0 Å². The number of benzene rings is 4. The molecular formula is C41H42O6. The van der Waals surface area contributed by atoms with Crippen LogP contribution in [0.2, 0.25) is 0 Å². The summed E-state index contributed by atoms with van der Waals surface area (Å²) >= 11 is 0. The first kappa shape index (κ1) is 33.3. The van der Waals surface area contributed by atoms with Gasteiger partial charge in [0.1, 0.15) is 11.5 Å². The first-order chi connectivity index (χ1) is 22.8. The van der Waals surface area contributed by atoms with Crippen molar-refractivity contribution in [3.8, 4) is 22.6 Å². The zero-order chi connectivity index (χ0) is 33.6. The van der Waals surface area contributed by atoms with Crippen molar-refractivity contribution in [3.05, 3.63) is 143 Å². The van der Waals surface area contributed by atoms with Crippen LogP contribution < -0.4 is 9.47 Å². The summed E-state index contributed by atoms with van der Waals surface area (Å²) in [6.07, 6.45) is 5.56. The molecule has 0 unspecified atom stereocenters. The monoisotopic (exact) mass is 630 g/mol. The molecule has 0 N–H and O–H groups in total. The molecule has 0 bridgehead atoms. The van der Waals surface area contributed by atoms with E-state index in [1.54, 1.807) is 0 Å². The Morgan fingerprint density at radius 3 is 1.40 bits per heavy atom. The molecule has 0 spiro atoms. The third kappa shape index (κ3) is 6.08. The molecule has 0 aliphatic heterocycles. The molecule has 4 aromatic carbocycles. The summed E-state index contributed by atoms with van der Waals surface area (Å²) in [6.45, 7) is 14.9. The lowest BCUT2D eigenvalue weighted by atomic mass is 9.65. The van der Waals surface area contributed by atoms with Crippen LogP contribution in [0, 0.1) is 13.8 Å². The largest absolute Gasteiger partial charge is 0.457 e. The molecule has 0 fully saturated rings. The molecule has 1 aliphatic carbocycles. The maximum atomic E-state index is 12.1. The number of aryl methyl sites for hydroxylation is 2. The predicted octanol–water partition coefficient (Wildman–Crippen LogP) is 8.70. The van der Waals surface area contributed by atoms with Crippen molar-refractivity contribution >= 4 is 11.9 Å². The van der Waals surface area contributed by atoms with Crippen LogP contribution >= 0.6 is 0 Å². The Balaban J connectivity index is 1.91. The van der Waals surface area contributed by atoms with Gasteiger partial charge in [-0.2, -0.15) is 0 Å². The summed E-state index contributed by atoms with van der Waals surface area (Å²) in [5.74, 6) is 0.207. The third-order valence-corrected chi connectivity index (χ3v) is 8.89. The summed E-state index contributed by atoms with van der Waals surface area (Å²) in [4.78, 5) is 24.2. The van der Waals surface area contributed by atoms with Crippen LogP contribution in [-0.2, 0) is 37.3 Å². The maximum absolute atomic E-state index is 12.1. The van der Waals surface area contributed by atoms with E-state index in [0.717, 1.165) is 93.5 Å². The summed E-state index contributed by atoms with van der Waals surface area (Å²) < 4.78 is 23.8. The number of carbonyl (C=O) groups is 2. The molecule has 0 amide bonds. The van der Waals surface area contributed by atoms with E-state index in [1.165, 1.54) is 0 Å². The highest BCUT2D eigenvalue weighted by Crippen LogP contribution is 2.60. The molecule has 0 saturated heterocycles. The van der Waals surface area contributed by atoms with Crippen molar-refractivity contribution in [2.75, 3.05) is 13.6 Å². The fourth-order valence-electron chi connectivity index (χ4n) is 6.87.